The van der Waals surface area contributed by atoms with E-state index in [0.29, 0.717) is 0 Å². The van der Waals surface area contributed by atoms with E-state index in [-0.39, 0.29) is 6.10 Å². The van der Waals surface area contributed by atoms with Gasteiger partial charge in [0.15, 0.2) is 0 Å². The van der Waals surface area contributed by atoms with Gasteiger partial charge in [-0.15, -0.1) is 0 Å². The Hall–Kier alpha value is -0.770. The maximum absolute atomic E-state index is 9.48. The summed E-state index contributed by atoms with van der Waals surface area (Å²) >= 11 is 0. The lowest BCUT2D eigenvalue weighted by atomic mass is 10.5. The maximum atomic E-state index is 9.48. The Kier molecular flexibility index (Phi) is 6.70. The molecule has 0 saturated carbocycles. The van der Waals surface area contributed by atoms with Crippen molar-refractivity contribution in [1.82, 2.24) is 0 Å². The number of rotatable bonds is 1. The highest BCUT2D eigenvalue weighted by Crippen LogP contribution is 1.83. The minimum atomic E-state index is -1.46. The van der Waals surface area contributed by atoms with Crippen LogP contribution in [0.5, 0.6) is 0 Å². The highest BCUT2D eigenvalue weighted by Gasteiger charge is 1.88. The molecular formula is C8H19NO3. The molecule has 0 rings (SSSR count). The quantitative estimate of drug-likeness (QED) is 0.421. The molecular weight excluding hydrogens is 158 g/mol. The highest BCUT2D eigenvalue weighted by molar-refractivity contribution is 5.54. The smallest absolute Gasteiger partial charge is 0.252 e. The van der Waals surface area contributed by atoms with Crippen molar-refractivity contribution in [3.63, 3.8) is 0 Å². The molecule has 0 unspecified atom stereocenters. The van der Waals surface area contributed by atoms with Gasteiger partial charge in [-0.3, -0.25) is 0 Å². The monoisotopic (exact) mass is 177 g/mol. The second-order valence-electron chi connectivity index (χ2n) is 4.10. The molecule has 74 valence electrons. The summed E-state index contributed by atoms with van der Waals surface area (Å²) < 4.78 is 5.06. The minimum absolute atomic E-state index is 0.287. The molecule has 0 aromatic carbocycles. The Balaban J connectivity index is 0. The molecule has 0 amide bonds. The van der Waals surface area contributed by atoms with E-state index in [0.717, 1.165) is 4.48 Å². The van der Waals surface area contributed by atoms with Crippen molar-refractivity contribution >= 4 is 6.16 Å². The second kappa shape index (κ2) is 5.83. The SMILES string of the molecule is CC(C)OC(=O)[O-].C[N+](C)(C)C. The van der Waals surface area contributed by atoms with E-state index in [1.54, 1.807) is 13.8 Å². The molecule has 0 heterocycles. The highest BCUT2D eigenvalue weighted by atomic mass is 16.7. The van der Waals surface area contributed by atoms with Gasteiger partial charge in [0.05, 0.1) is 28.2 Å². The molecule has 0 atom stereocenters. The summed E-state index contributed by atoms with van der Waals surface area (Å²) in [7, 11) is 8.50. The molecule has 12 heavy (non-hydrogen) atoms. The van der Waals surface area contributed by atoms with E-state index in [9.17, 15) is 9.90 Å². The first-order valence-electron chi connectivity index (χ1n) is 3.79. The molecule has 0 aromatic heterocycles. The van der Waals surface area contributed by atoms with E-state index in [1.807, 2.05) is 0 Å². The van der Waals surface area contributed by atoms with E-state index < -0.39 is 6.16 Å². The van der Waals surface area contributed by atoms with Gasteiger partial charge in [-0.05, 0) is 13.8 Å². The molecule has 0 aliphatic carbocycles. The first-order valence-corrected chi connectivity index (χ1v) is 3.79. The Labute approximate surface area is 74.3 Å². The number of hydrogen-bond donors (Lipinski definition) is 0. The molecule has 0 fully saturated rings. The molecule has 0 saturated heterocycles. The fraction of sp³-hybridized carbons (Fsp3) is 0.875. The van der Waals surface area contributed by atoms with Crippen molar-refractivity contribution in [2.75, 3.05) is 28.2 Å². The van der Waals surface area contributed by atoms with Gasteiger partial charge in [0.1, 0.15) is 0 Å². The minimum Gasteiger partial charge on any atom is -0.547 e. The van der Waals surface area contributed by atoms with Crippen molar-refractivity contribution in [2.24, 2.45) is 0 Å². The van der Waals surface area contributed by atoms with Crippen LogP contribution in [0.1, 0.15) is 13.8 Å². The van der Waals surface area contributed by atoms with Crippen LogP contribution in [0, 0.1) is 0 Å². The van der Waals surface area contributed by atoms with Crippen molar-refractivity contribution in [3.05, 3.63) is 0 Å². The third-order valence-corrected chi connectivity index (χ3v) is 0.332. The summed E-state index contributed by atoms with van der Waals surface area (Å²) in [6.45, 7) is 3.24. The predicted octanol–water partition coefficient (Wildman–Crippen LogP) is 0.0771. The first kappa shape index (κ1) is 13.8. The van der Waals surface area contributed by atoms with E-state index in [2.05, 4.69) is 32.9 Å². The van der Waals surface area contributed by atoms with Crippen LogP contribution in [-0.4, -0.2) is 44.9 Å². The number of hydrogen-bond acceptors (Lipinski definition) is 3. The van der Waals surface area contributed by atoms with Crippen LogP contribution in [0.3, 0.4) is 0 Å². The average molecular weight is 177 g/mol. The number of carbonyl (C=O) groups excluding carboxylic acids is 1. The van der Waals surface area contributed by atoms with Crippen LogP contribution in [-0.2, 0) is 4.74 Å². The molecule has 0 spiro atoms. The molecule has 0 radical (unpaired) electrons. The van der Waals surface area contributed by atoms with Crippen LogP contribution < -0.4 is 5.11 Å². The van der Waals surface area contributed by atoms with Crippen LogP contribution in [0.15, 0.2) is 0 Å². The molecule has 0 aromatic rings. The zero-order valence-corrected chi connectivity index (χ0v) is 8.75. The molecule has 0 N–H and O–H groups in total. The third-order valence-electron chi connectivity index (χ3n) is 0.332. The normalized spacial score (nSPS) is 10.2. The van der Waals surface area contributed by atoms with E-state index >= 15 is 0 Å². The summed E-state index contributed by atoms with van der Waals surface area (Å²) in [5.41, 5.74) is 0. The van der Waals surface area contributed by atoms with Gasteiger partial charge in [0, 0.05) is 6.10 Å². The van der Waals surface area contributed by atoms with E-state index in [4.69, 9.17) is 0 Å². The summed E-state index contributed by atoms with van der Waals surface area (Å²) in [6.07, 6.45) is -1.75. The number of carboxylic acid groups (broad SMARTS) is 1. The zero-order chi connectivity index (χ0) is 10.4. The predicted molar refractivity (Wildman–Crippen MR) is 45.6 cm³/mol. The van der Waals surface area contributed by atoms with Gasteiger partial charge in [-0.2, -0.15) is 0 Å². The fourth-order valence-corrected chi connectivity index (χ4v) is 0.192. The summed E-state index contributed by atoms with van der Waals surface area (Å²) in [5, 5.41) is 9.48. The number of nitrogens with zero attached hydrogens (tertiary/aromatic N) is 1. The maximum Gasteiger partial charge on any atom is 0.252 e. The van der Waals surface area contributed by atoms with Crippen molar-refractivity contribution in [2.45, 2.75) is 20.0 Å². The van der Waals surface area contributed by atoms with Crippen molar-refractivity contribution in [1.29, 1.82) is 0 Å². The van der Waals surface area contributed by atoms with Crippen LogP contribution in [0.2, 0.25) is 0 Å². The number of quaternary nitrogens is 1. The van der Waals surface area contributed by atoms with E-state index in [1.165, 1.54) is 0 Å². The third kappa shape index (κ3) is 59.9. The fourth-order valence-electron chi connectivity index (χ4n) is 0.192. The van der Waals surface area contributed by atoms with Crippen LogP contribution in [0.4, 0.5) is 4.79 Å². The molecule has 0 bridgehead atoms. The summed E-state index contributed by atoms with van der Waals surface area (Å²) in [6, 6.07) is 0. The van der Waals surface area contributed by atoms with Crippen molar-refractivity contribution in [3.8, 4) is 0 Å². The lowest BCUT2D eigenvalue weighted by molar-refractivity contribution is -0.849. The van der Waals surface area contributed by atoms with Gasteiger partial charge in [0.25, 0.3) is 6.16 Å². The second-order valence-corrected chi connectivity index (χ2v) is 4.10. The van der Waals surface area contributed by atoms with Gasteiger partial charge >= 0.3 is 0 Å². The average Bonchev–Trinajstić information content (AvgIpc) is 1.52. The largest absolute Gasteiger partial charge is 0.547 e. The first-order chi connectivity index (χ1) is 5.13. The Bertz CT molecular complexity index is 121. The van der Waals surface area contributed by atoms with Gasteiger partial charge in [-0.25, -0.2) is 0 Å². The topological polar surface area (TPSA) is 49.4 Å². The van der Waals surface area contributed by atoms with Gasteiger partial charge in [0.2, 0.25) is 0 Å². The number of ether oxygens (including phenoxy) is 1. The Morgan fingerprint density at radius 1 is 1.25 bits per heavy atom. The lowest BCUT2D eigenvalue weighted by Crippen LogP contribution is -2.27. The summed E-state index contributed by atoms with van der Waals surface area (Å²) in [4.78, 5) is 9.48. The molecule has 0 aliphatic heterocycles. The molecule has 4 heteroatoms. The van der Waals surface area contributed by atoms with Crippen LogP contribution >= 0.6 is 0 Å². The van der Waals surface area contributed by atoms with Gasteiger partial charge in [-0.1, -0.05) is 0 Å². The number of carbonyl (C=O) groups is 1. The summed E-state index contributed by atoms with van der Waals surface area (Å²) in [5.74, 6) is 0. The Morgan fingerprint density at radius 3 is 1.50 bits per heavy atom. The standard InChI is InChI=1S/C4H12N.C4H8O3/c1-5(2,3)4;1-3(2)7-4(5)6/h1-4H3;3H,1-2H3,(H,5,6)/q+1;/p-1. The zero-order valence-electron chi connectivity index (χ0n) is 8.75. The van der Waals surface area contributed by atoms with Gasteiger partial charge < -0.3 is 19.1 Å². The molecule has 4 nitrogen and oxygen atoms in total. The van der Waals surface area contributed by atoms with Crippen LogP contribution in [0.25, 0.3) is 0 Å². The van der Waals surface area contributed by atoms with Crippen molar-refractivity contribution < 1.29 is 19.1 Å². The Morgan fingerprint density at radius 2 is 1.50 bits per heavy atom. The lowest BCUT2D eigenvalue weighted by Gasteiger charge is -2.14. The molecule has 0 aliphatic rings.